The Hall–Kier alpha value is -2.94. The SMILES string of the molecule is CCC(C)CC(=O)Oc1ccc(C[C@](NC(C)CC)(OC(=O)C2CCCCC2)C(=O)O)cc1OC(=O)CC(C)CC. The van der Waals surface area contributed by atoms with Gasteiger partial charge in [-0.2, -0.15) is 0 Å². The Balaban J connectivity index is 2.44. The van der Waals surface area contributed by atoms with Crippen molar-refractivity contribution in [2.24, 2.45) is 17.8 Å². The summed E-state index contributed by atoms with van der Waals surface area (Å²) < 4.78 is 17.0. The molecular weight excluding hydrogens is 526 g/mol. The fourth-order valence-corrected chi connectivity index (χ4v) is 4.69. The number of hydrogen-bond donors (Lipinski definition) is 2. The molecule has 3 unspecified atom stereocenters. The Morgan fingerprint density at radius 1 is 0.878 bits per heavy atom. The number of hydrogen-bond acceptors (Lipinski definition) is 8. The van der Waals surface area contributed by atoms with Crippen LogP contribution in [0.4, 0.5) is 0 Å². The zero-order chi connectivity index (χ0) is 30.6. The molecule has 1 aliphatic rings. The second-order valence-electron chi connectivity index (χ2n) is 11.7. The fourth-order valence-electron chi connectivity index (χ4n) is 4.69. The van der Waals surface area contributed by atoms with E-state index in [0.717, 1.165) is 32.1 Å². The zero-order valence-corrected chi connectivity index (χ0v) is 25.6. The first-order valence-corrected chi connectivity index (χ1v) is 15.2. The number of rotatable bonds is 16. The van der Waals surface area contributed by atoms with E-state index >= 15 is 0 Å². The minimum atomic E-state index is -2.03. The van der Waals surface area contributed by atoms with E-state index in [9.17, 15) is 24.3 Å². The highest BCUT2D eigenvalue weighted by molar-refractivity contribution is 5.83. The van der Waals surface area contributed by atoms with Crippen molar-refractivity contribution in [3.63, 3.8) is 0 Å². The average Bonchev–Trinajstić information content (AvgIpc) is 2.94. The molecule has 0 spiro atoms. The van der Waals surface area contributed by atoms with Crippen LogP contribution in [-0.4, -0.2) is 40.8 Å². The van der Waals surface area contributed by atoms with Crippen molar-refractivity contribution in [3.8, 4) is 11.5 Å². The molecule has 2 N–H and O–H groups in total. The highest BCUT2D eigenvalue weighted by Gasteiger charge is 2.45. The molecule has 4 atom stereocenters. The second kappa shape index (κ2) is 16.5. The van der Waals surface area contributed by atoms with Crippen molar-refractivity contribution < 1.29 is 38.5 Å². The molecule has 0 aromatic heterocycles. The summed E-state index contributed by atoms with van der Waals surface area (Å²) in [7, 11) is 0. The van der Waals surface area contributed by atoms with Gasteiger partial charge in [-0.1, -0.05) is 72.8 Å². The Bertz CT molecular complexity index is 1030. The third-order valence-electron chi connectivity index (χ3n) is 7.98. The molecule has 1 saturated carbocycles. The summed E-state index contributed by atoms with van der Waals surface area (Å²) in [4.78, 5) is 51.2. The molecule has 0 saturated heterocycles. The molecule has 0 aliphatic heterocycles. The summed E-state index contributed by atoms with van der Waals surface area (Å²) in [6.07, 6.45) is 6.57. The summed E-state index contributed by atoms with van der Waals surface area (Å²) in [5.74, 6) is -2.80. The molecule has 1 fully saturated rings. The van der Waals surface area contributed by atoms with Crippen molar-refractivity contribution >= 4 is 23.9 Å². The predicted molar refractivity (Wildman–Crippen MR) is 155 cm³/mol. The minimum Gasteiger partial charge on any atom is -0.477 e. The third-order valence-corrected chi connectivity index (χ3v) is 7.98. The van der Waals surface area contributed by atoms with E-state index < -0.39 is 29.6 Å². The largest absolute Gasteiger partial charge is 0.477 e. The van der Waals surface area contributed by atoms with Gasteiger partial charge in [0.1, 0.15) is 0 Å². The van der Waals surface area contributed by atoms with Gasteiger partial charge >= 0.3 is 23.9 Å². The van der Waals surface area contributed by atoms with Gasteiger partial charge in [0.25, 0.3) is 5.72 Å². The first-order chi connectivity index (χ1) is 19.4. The highest BCUT2D eigenvalue weighted by atomic mass is 16.6. The molecule has 0 radical (unpaired) electrons. The maximum Gasteiger partial charge on any atom is 0.364 e. The Kier molecular flexibility index (Phi) is 13.8. The van der Waals surface area contributed by atoms with E-state index in [1.165, 1.54) is 12.1 Å². The number of carbonyl (C=O) groups is 4. The lowest BCUT2D eigenvalue weighted by Crippen LogP contribution is -2.60. The van der Waals surface area contributed by atoms with E-state index in [-0.39, 0.29) is 54.6 Å². The maximum absolute atomic E-state index is 13.2. The first kappa shape index (κ1) is 34.3. The second-order valence-corrected chi connectivity index (χ2v) is 11.7. The van der Waals surface area contributed by atoms with Gasteiger partial charge in [-0.25, -0.2) is 4.79 Å². The van der Waals surface area contributed by atoms with Gasteiger partial charge in [-0.3, -0.25) is 19.7 Å². The van der Waals surface area contributed by atoms with Crippen LogP contribution in [0.25, 0.3) is 0 Å². The standard InChI is InChI=1S/C32H49NO8/c1-7-21(4)17-28(34)39-26-16-15-24(19-27(26)40-29(35)18-22(5)8-2)20-32(31(37)38,33-23(6)9-3)41-30(36)25-13-11-10-12-14-25/h15-16,19,21-23,25,33H,7-14,17-18,20H2,1-6H3,(H,37,38)/t21?,22?,23?,32-/m0/s1. The average molecular weight is 576 g/mol. The van der Waals surface area contributed by atoms with Crippen LogP contribution in [0.3, 0.4) is 0 Å². The van der Waals surface area contributed by atoms with Crippen molar-refractivity contribution in [1.29, 1.82) is 0 Å². The number of aliphatic carboxylic acids is 1. The van der Waals surface area contributed by atoms with Crippen LogP contribution in [0.15, 0.2) is 18.2 Å². The lowest BCUT2D eigenvalue weighted by atomic mass is 9.89. The third kappa shape index (κ3) is 10.8. The molecule has 1 aromatic carbocycles. The monoisotopic (exact) mass is 575 g/mol. The number of nitrogens with one attached hydrogen (secondary N) is 1. The molecule has 0 amide bonds. The molecule has 2 rings (SSSR count). The molecule has 1 aliphatic carbocycles. The molecule has 9 heteroatoms. The summed E-state index contributed by atoms with van der Waals surface area (Å²) in [5.41, 5.74) is -1.59. The lowest BCUT2D eigenvalue weighted by molar-refractivity contribution is -0.188. The molecular formula is C32H49NO8. The van der Waals surface area contributed by atoms with Gasteiger partial charge in [0.05, 0.1) is 5.92 Å². The summed E-state index contributed by atoms with van der Waals surface area (Å²) in [6.45, 7) is 11.6. The summed E-state index contributed by atoms with van der Waals surface area (Å²) >= 11 is 0. The number of carboxylic acids is 1. The van der Waals surface area contributed by atoms with Gasteiger partial charge in [-0.05, 0) is 55.7 Å². The minimum absolute atomic E-state index is 0.0229. The van der Waals surface area contributed by atoms with Crippen molar-refractivity contribution in [2.45, 2.75) is 124 Å². The zero-order valence-electron chi connectivity index (χ0n) is 25.6. The van der Waals surface area contributed by atoms with E-state index in [4.69, 9.17) is 14.2 Å². The molecule has 230 valence electrons. The van der Waals surface area contributed by atoms with E-state index in [1.54, 1.807) is 6.07 Å². The van der Waals surface area contributed by atoms with Crippen LogP contribution >= 0.6 is 0 Å². The Morgan fingerprint density at radius 2 is 1.44 bits per heavy atom. The van der Waals surface area contributed by atoms with Crippen LogP contribution in [0.2, 0.25) is 0 Å². The molecule has 0 bridgehead atoms. The molecule has 41 heavy (non-hydrogen) atoms. The fraction of sp³-hybridized carbons (Fsp3) is 0.688. The van der Waals surface area contributed by atoms with Gasteiger partial charge in [0, 0.05) is 25.3 Å². The number of benzene rings is 1. The van der Waals surface area contributed by atoms with E-state index in [2.05, 4.69) is 5.32 Å². The molecule has 9 nitrogen and oxygen atoms in total. The predicted octanol–water partition coefficient (Wildman–Crippen LogP) is 6.20. The van der Waals surface area contributed by atoms with Crippen LogP contribution in [0.5, 0.6) is 11.5 Å². The normalized spacial score (nSPS) is 17.5. The quantitative estimate of drug-likeness (QED) is 0.134. The highest BCUT2D eigenvalue weighted by Crippen LogP contribution is 2.33. The van der Waals surface area contributed by atoms with Crippen molar-refractivity contribution in [1.82, 2.24) is 5.32 Å². The number of carboxylic acid groups (broad SMARTS) is 1. The topological polar surface area (TPSA) is 128 Å². The summed E-state index contributed by atoms with van der Waals surface area (Å²) in [5, 5.41) is 13.4. The smallest absolute Gasteiger partial charge is 0.364 e. The maximum atomic E-state index is 13.2. The van der Waals surface area contributed by atoms with Crippen molar-refractivity contribution in [3.05, 3.63) is 23.8 Å². The van der Waals surface area contributed by atoms with Crippen molar-refractivity contribution in [2.75, 3.05) is 0 Å². The number of esters is 3. The van der Waals surface area contributed by atoms with Crippen LogP contribution in [0.1, 0.15) is 111 Å². The lowest BCUT2D eigenvalue weighted by Gasteiger charge is -2.35. The van der Waals surface area contributed by atoms with E-state index in [0.29, 0.717) is 24.8 Å². The van der Waals surface area contributed by atoms with Gasteiger partial charge in [-0.15, -0.1) is 0 Å². The van der Waals surface area contributed by atoms with Crippen LogP contribution in [-0.2, 0) is 30.3 Å². The number of carbonyl (C=O) groups excluding carboxylic acids is 3. The number of ether oxygens (including phenoxy) is 3. The first-order valence-electron chi connectivity index (χ1n) is 15.2. The van der Waals surface area contributed by atoms with Crippen LogP contribution in [0, 0.1) is 17.8 Å². The van der Waals surface area contributed by atoms with Gasteiger partial charge in [0.2, 0.25) is 0 Å². The molecule has 1 aromatic rings. The van der Waals surface area contributed by atoms with E-state index in [1.807, 2.05) is 41.5 Å². The summed E-state index contributed by atoms with van der Waals surface area (Å²) in [6, 6.07) is 4.32. The van der Waals surface area contributed by atoms with Crippen LogP contribution < -0.4 is 14.8 Å². The Labute approximate surface area is 244 Å². The molecule has 0 heterocycles. The van der Waals surface area contributed by atoms with Gasteiger partial charge < -0.3 is 19.3 Å². The Morgan fingerprint density at radius 3 is 1.95 bits per heavy atom. The van der Waals surface area contributed by atoms with Gasteiger partial charge in [0.15, 0.2) is 11.5 Å².